The summed E-state index contributed by atoms with van der Waals surface area (Å²) in [5.41, 5.74) is 3.55. The van der Waals surface area contributed by atoms with Gasteiger partial charge in [-0.05, 0) is 43.5 Å². The van der Waals surface area contributed by atoms with Crippen LogP contribution in [0.3, 0.4) is 0 Å². The molecule has 1 amide bonds. The highest BCUT2D eigenvalue weighted by atomic mass is 16.2. The van der Waals surface area contributed by atoms with Gasteiger partial charge >= 0.3 is 0 Å². The Morgan fingerprint density at radius 3 is 2.82 bits per heavy atom. The topological polar surface area (TPSA) is 68.0 Å². The van der Waals surface area contributed by atoms with Crippen molar-refractivity contribution in [2.45, 2.75) is 37.8 Å². The van der Waals surface area contributed by atoms with Gasteiger partial charge in [-0.25, -0.2) is 4.98 Å². The number of amides is 1. The Hall–Kier alpha value is -3.09. The quantitative estimate of drug-likeness (QED) is 0.760. The summed E-state index contributed by atoms with van der Waals surface area (Å²) in [6.07, 6.45) is 8.53. The molecular formula is C21H24N6O. The molecule has 2 aliphatic heterocycles. The Kier molecular flexibility index (Phi) is 4.15. The number of benzene rings is 1. The second kappa shape index (κ2) is 6.82. The lowest BCUT2D eigenvalue weighted by Crippen LogP contribution is -2.51. The Bertz CT molecular complexity index is 968. The predicted octanol–water partition coefficient (Wildman–Crippen LogP) is 2.79. The number of nitrogens with one attached hydrogen (secondary N) is 1. The lowest BCUT2D eigenvalue weighted by molar-refractivity contribution is -0.132. The van der Waals surface area contributed by atoms with E-state index in [0.717, 1.165) is 38.9 Å². The van der Waals surface area contributed by atoms with Crippen molar-refractivity contribution in [1.82, 2.24) is 24.2 Å². The smallest absolute Gasteiger partial charge is 0.222 e. The highest BCUT2D eigenvalue weighted by Crippen LogP contribution is 2.43. The van der Waals surface area contributed by atoms with Gasteiger partial charge in [0.05, 0.1) is 16.9 Å². The lowest BCUT2D eigenvalue weighted by Gasteiger charge is -2.46. The molecule has 1 spiro atoms. The number of hydrogen-bond donors (Lipinski definition) is 1. The van der Waals surface area contributed by atoms with Crippen LogP contribution in [0.4, 0.5) is 5.69 Å². The molecular weight excluding hydrogens is 352 g/mol. The standard InChI is InChI=1S/C21H24N6O/c28-20(8-4-11-26-16-22-15-23-26)25-13-9-21(10-14-25)19-7-3-12-27(19)18-6-2-1-5-17(18)24-21/h1-3,5-7,12,15-16,24H,4,8-11,13-14H2. The highest BCUT2D eigenvalue weighted by molar-refractivity contribution is 5.76. The molecule has 1 aromatic carbocycles. The monoisotopic (exact) mass is 376 g/mol. The molecule has 0 aliphatic carbocycles. The van der Waals surface area contributed by atoms with Gasteiger partial charge in [0, 0.05) is 37.9 Å². The third-order valence-electron chi connectivity index (χ3n) is 5.99. The molecule has 2 aromatic heterocycles. The van der Waals surface area contributed by atoms with Crippen LogP contribution < -0.4 is 5.32 Å². The van der Waals surface area contributed by atoms with Crippen molar-refractivity contribution in [2.24, 2.45) is 0 Å². The van der Waals surface area contributed by atoms with Crippen molar-refractivity contribution >= 4 is 11.6 Å². The number of likely N-dealkylation sites (tertiary alicyclic amines) is 1. The Balaban J connectivity index is 1.25. The predicted molar refractivity (Wildman–Crippen MR) is 106 cm³/mol. The zero-order valence-electron chi connectivity index (χ0n) is 15.8. The minimum absolute atomic E-state index is 0.102. The number of aryl methyl sites for hydroxylation is 1. The average molecular weight is 376 g/mol. The molecule has 4 heterocycles. The van der Waals surface area contributed by atoms with E-state index in [1.54, 1.807) is 11.0 Å². The number of carbonyl (C=O) groups excluding carboxylic acids is 1. The van der Waals surface area contributed by atoms with Crippen LogP contribution in [0.25, 0.3) is 5.69 Å². The van der Waals surface area contributed by atoms with E-state index >= 15 is 0 Å². The lowest BCUT2D eigenvalue weighted by atomic mass is 9.82. The van der Waals surface area contributed by atoms with Crippen molar-refractivity contribution in [1.29, 1.82) is 0 Å². The van der Waals surface area contributed by atoms with E-state index in [9.17, 15) is 4.79 Å². The second-order valence-electron chi connectivity index (χ2n) is 7.63. The number of hydrogen-bond acceptors (Lipinski definition) is 4. The van der Waals surface area contributed by atoms with Crippen LogP contribution in [0.2, 0.25) is 0 Å². The normalized spacial score (nSPS) is 17.1. The van der Waals surface area contributed by atoms with E-state index in [0.29, 0.717) is 6.42 Å². The molecule has 0 bridgehead atoms. The van der Waals surface area contributed by atoms with Gasteiger partial charge in [0.25, 0.3) is 0 Å². The molecule has 28 heavy (non-hydrogen) atoms. The van der Waals surface area contributed by atoms with E-state index in [1.807, 2.05) is 4.90 Å². The van der Waals surface area contributed by atoms with Crippen molar-refractivity contribution in [2.75, 3.05) is 18.4 Å². The maximum absolute atomic E-state index is 12.6. The Labute approximate surface area is 164 Å². The minimum atomic E-state index is -0.102. The summed E-state index contributed by atoms with van der Waals surface area (Å²) >= 11 is 0. The van der Waals surface area contributed by atoms with Crippen LogP contribution in [-0.4, -0.2) is 43.2 Å². The summed E-state index contributed by atoms with van der Waals surface area (Å²) in [5.74, 6) is 0.238. The van der Waals surface area contributed by atoms with Gasteiger partial charge in [-0.1, -0.05) is 12.1 Å². The fourth-order valence-electron chi connectivity index (χ4n) is 4.51. The maximum atomic E-state index is 12.6. The van der Waals surface area contributed by atoms with E-state index in [1.165, 1.54) is 23.4 Å². The first-order valence-electron chi connectivity index (χ1n) is 9.91. The number of rotatable bonds is 4. The summed E-state index contributed by atoms with van der Waals surface area (Å²) < 4.78 is 4.07. The van der Waals surface area contributed by atoms with Gasteiger partial charge < -0.3 is 14.8 Å². The maximum Gasteiger partial charge on any atom is 0.222 e. The summed E-state index contributed by atoms with van der Waals surface area (Å²) in [7, 11) is 0. The molecule has 0 unspecified atom stereocenters. The van der Waals surface area contributed by atoms with Gasteiger partial charge in [0.15, 0.2) is 0 Å². The zero-order valence-corrected chi connectivity index (χ0v) is 15.8. The van der Waals surface area contributed by atoms with Gasteiger partial charge in [-0.3, -0.25) is 9.48 Å². The first kappa shape index (κ1) is 17.0. The number of carbonyl (C=O) groups is 1. The molecule has 1 fully saturated rings. The van der Waals surface area contributed by atoms with E-state index in [4.69, 9.17) is 0 Å². The van der Waals surface area contributed by atoms with Gasteiger partial charge in [0.1, 0.15) is 12.7 Å². The Morgan fingerprint density at radius 1 is 1.14 bits per heavy atom. The largest absolute Gasteiger partial charge is 0.372 e. The fourth-order valence-corrected chi connectivity index (χ4v) is 4.51. The van der Waals surface area contributed by atoms with Crippen LogP contribution >= 0.6 is 0 Å². The summed E-state index contributed by atoms with van der Waals surface area (Å²) in [5, 5.41) is 7.89. The van der Waals surface area contributed by atoms with Crippen molar-refractivity contribution < 1.29 is 4.79 Å². The molecule has 144 valence electrons. The third kappa shape index (κ3) is 2.87. The number of piperidine rings is 1. The molecule has 2 aliphatic rings. The molecule has 1 N–H and O–H groups in total. The van der Waals surface area contributed by atoms with Crippen LogP contribution in [0.1, 0.15) is 31.4 Å². The van der Waals surface area contributed by atoms with Crippen LogP contribution in [0.15, 0.2) is 55.2 Å². The first-order chi connectivity index (χ1) is 13.8. The molecule has 7 heteroatoms. The summed E-state index contributed by atoms with van der Waals surface area (Å²) in [6.45, 7) is 2.29. The van der Waals surface area contributed by atoms with Crippen LogP contribution in [-0.2, 0) is 16.9 Å². The summed E-state index contributed by atoms with van der Waals surface area (Å²) in [6, 6.07) is 12.7. The number of fused-ring (bicyclic) bond motifs is 4. The molecule has 7 nitrogen and oxygen atoms in total. The molecule has 5 rings (SSSR count). The first-order valence-corrected chi connectivity index (χ1v) is 9.91. The van der Waals surface area contributed by atoms with Crippen molar-refractivity contribution in [3.8, 4) is 5.69 Å². The van der Waals surface area contributed by atoms with E-state index < -0.39 is 0 Å². The molecule has 3 aromatic rings. The van der Waals surface area contributed by atoms with Crippen molar-refractivity contribution in [3.05, 3.63) is 60.9 Å². The summed E-state index contributed by atoms with van der Waals surface area (Å²) in [4.78, 5) is 18.6. The van der Waals surface area contributed by atoms with Gasteiger partial charge in [-0.2, -0.15) is 5.10 Å². The van der Waals surface area contributed by atoms with Crippen LogP contribution in [0.5, 0.6) is 0 Å². The van der Waals surface area contributed by atoms with Crippen molar-refractivity contribution in [3.63, 3.8) is 0 Å². The number of para-hydroxylation sites is 2. The average Bonchev–Trinajstić information content (AvgIpc) is 3.41. The third-order valence-corrected chi connectivity index (χ3v) is 5.99. The second-order valence-corrected chi connectivity index (χ2v) is 7.63. The molecule has 1 saturated heterocycles. The molecule has 0 radical (unpaired) electrons. The molecule has 0 saturated carbocycles. The highest BCUT2D eigenvalue weighted by Gasteiger charge is 2.42. The number of nitrogens with zero attached hydrogens (tertiary/aromatic N) is 5. The van der Waals surface area contributed by atoms with E-state index in [2.05, 4.69) is 62.6 Å². The van der Waals surface area contributed by atoms with Gasteiger partial charge in [0.2, 0.25) is 5.91 Å². The number of aromatic nitrogens is 4. The SMILES string of the molecule is O=C(CCCn1cncn1)N1CCC2(CC1)Nc1ccccc1-n1cccc12. The minimum Gasteiger partial charge on any atom is -0.372 e. The number of anilines is 1. The van der Waals surface area contributed by atoms with Crippen LogP contribution in [0, 0.1) is 0 Å². The molecule has 0 atom stereocenters. The van der Waals surface area contributed by atoms with E-state index in [-0.39, 0.29) is 11.4 Å². The zero-order chi connectivity index (χ0) is 19.0. The fraction of sp³-hybridized carbons (Fsp3) is 0.381. The Morgan fingerprint density at radius 2 is 2.00 bits per heavy atom. The van der Waals surface area contributed by atoms with Gasteiger partial charge in [-0.15, -0.1) is 0 Å².